The van der Waals surface area contributed by atoms with E-state index in [1.807, 2.05) is 60.7 Å². The molecular weight excluding hydrogens is 280 g/mol. The van der Waals surface area contributed by atoms with E-state index < -0.39 is 12.2 Å². The highest BCUT2D eigenvalue weighted by molar-refractivity contribution is 5.14. The van der Waals surface area contributed by atoms with Gasteiger partial charge in [-0.1, -0.05) is 60.7 Å². The van der Waals surface area contributed by atoms with Crippen LogP contribution in [-0.2, 0) is 22.7 Å². The van der Waals surface area contributed by atoms with Crippen molar-refractivity contribution in [1.82, 2.24) is 0 Å². The fourth-order valence-corrected chi connectivity index (χ4v) is 2.11. The molecule has 0 aliphatic carbocycles. The van der Waals surface area contributed by atoms with Gasteiger partial charge < -0.3 is 19.7 Å². The average molecular weight is 302 g/mol. The fourth-order valence-electron chi connectivity index (χ4n) is 2.11. The van der Waals surface area contributed by atoms with Crippen molar-refractivity contribution in [1.29, 1.82) is 0 Å². The molecule has 22 heavy (non-hydrogen) atoms. The van der Waals surface area contributed by atoms with Gasteiger partial charge in [0, 0.05) is 0 Å². The van der Waals surface area contributed by atoms with Crippen LogP contribution in [0, 0.1) is 0 Å². The van der Waals surface area contributed by atoms with Crippen LogP contribution in [0.2, 0.25) is 0 Å². The Labute approximate surface area is 130 Å². The minimum Gasteiger partial charge on any atom is -0.394 e. The third-order valence-corrected chi connectivity index (χ3v) is 3.39. The first kappa shape index (κ1) is 16.6. The predicted octanol–water partition coefficient (Wildman–Crippen LogP) is 2.14. The molecule has 4 nitrogen and oxygen atoms in total. The molecule has 0 spiro atoms. The van der Waals surface area contributed by atoms with E-state index in [1.54, 1.807) is 0 Å². The van der Waals surface area contributed by atoms with Crippen LogP contribution in [0.1, 0.15) is 11.1 Å². The molecule has 0 unspecified atom stereocenters. The van der Waals surface area contributed by atoms with Crippen molar-refractivity contribution in [2.24, 2.45) is 0 Å². The number of aliphatic hydroxyl groups is 2. The van der Waals surface area contributed by atoms with Crippen molar-refractivity contribution < 1.29 is 19.7 Å². The topological polar surface area (TPSA) is 58.9 Å². The van der Waals surface area contributed by atoms with Crippen LogP contribution in [0.25, 0.3) is 0 Å². The number of aliphatic hydroxyl groups excluding tert-OH is 2. The summed E-state index contributed by atoms with van der Waals surface area (Å²) in [6.07, 6.45) is -1.12. The van der Waals surface area contributed by atoms with Gasteiger partial charge in [0.1, 0.15) is 12.2 Å². The molecule has 4 heteroatoms. The van der Waals surface area contributed by atoms with Crippen molar-refractivity contribution in [3.63, 3.8) is 0 Å². The molecular formula is C18H22O4. The summed E-state index contributed by atoms with van der Waals surface area (Å²) in [4.78, 5) is 0. The number of benzene rings is 2. The van der Waals surface area contributed by atoms with Gasteiger partial charge in [-0.2, -0.15) is 0 Å². The Morgan fingerprint density at radius 1 is 0.636 bits per heavy atom. The molecule has 2 aromatic rings. The molecule has 0 fully saturated rings. The molecule has 2 aromatic carbocycles. The predicted molar refractivity (Wildman–Crippen MR) is 84.2 cm³/mol. The summed E-state index contributed by atoms with van der Waals surface area (Å²) >= 11 is 0. The zero-order chi connectivity index (χ0) is 15.6. The lowest BCUT2D eigenvalue weighted by Crippen LogP contribution is -2.37. The SMILES string of the molecule is OC[C@H](OCc1ccccc1)[C@H](CO)OCc1ccccc1. The molecule has 118 valence electrons. The average Bonchev–Trinajstić information content (AvgIpc) is 2.59. The number of hydrogen-bond acceptors (Lipinski definition) is 4. The number of rotatable bonds is 9. The van der Waals surface area contributed by atoms with Crippen molar-refractivity contribution in [3.05, 3.63) is 71.8 Å². The molecule has 0 heterocycles. The summed E-state index contributed by atoms with van der Waals surface area (Å²) in [5.74, 6) is 0. The summed E-state index contributed by atoms with van der Waals surface area (Å²) in [6.45, 7) is 0.341. The molecule has 0 aromatic heterocycles. The van der Waals surface area contributed by atoms with Gasteiger partial charge in [-0.05, 0) is 11.1 Å². The van der Waals surface area contributed by atoms with Crippen molar-refractivity contribution >= 4 is 0 Å². The van der Waals surface area contributed by atoms with E-state index in [9.17, 15) is 10.2 Å². The summed E-state index contributed by atoms with van der Waals surface area (Å²) in [7, 11) is 0. The van der Waals surface area contributed by atoms with Gasteiger partial charge in [-0.3, -0.25) is 0 Å². The van der Waals surface area contributed by atoms with Crippen LogP contribution in [0.4, 0.5) is 0 Å². The lowest BCUT2D eigenvalue weighted by Gasteiger charge is -2.24. The maximum atomic E-state index is 9.49. The Kier molecular flexibility index (Phi) is 7.06. The Bertz CT molecular complexity index is 466. The van der Waals surface area contributed by atoms with E-state index in [2.05, 4.69) is 0 Å². The highest BCUT2D eigenvalue weighted by Crippen LogP contribution is 2.11. The summed E-state index contributed by atoms with van der Waals surface area (Å²) in [5, 5.41) is 19.0. The first-order valence-corrected chi connectivity index (χ1v) is 7.36. The van der Waals surface area contributed by atoms with E-state index in [4.69, 9.17) is 9.47 Å². The quantitative estimate of drug-likeness (QED) is 0.745. The largest absolute Gasteiger partial charge is 0.394 e. The molecule has 2 atom stereocenters. The van der Waals surface area contributed by atoms with Gasteiger partial charge >= 0.3 is 0 Å². The first-order chi connectivity index (χ1) is 10.8. The standard InChI is InChI=1S/C18H22O4/c19-11-17(21-13-15-7-3-1-4-8-15)18(12-20)22-14-16-9-5-2-6-10-16/h1-10,17-20H,11-14H2/t17-,18-/m0/s1. The Morgan fingerprint density at radius 2 is 1.00 bits per heavy atom. The third kappa shape index (κ3) is 5.24. The van der Waals surface area contributed by atoms with Crippen LogP contribution in [0.3, 0.4) is 0 Å². The van der Waals surface area contributed by atoms with E-state index in [-0.39, 0.29) is 13.2 Å². The Hall–Kier alpha value is -1.72. The lowest BCUT2D eigenvalue weighted by atomic mass is 10.2. The second-order valence-corrected chi connectivity index (χ2v) is 5.04. The smallest absolute Gasteiger partial charge is 0.109 e. The molecule has 2 rings (SSSR count). The van der Waals surface area contributed by atoms with Gasteiger partial charge in [0.25, 0.3) is 0 Å². The maximum Gasteiger partial charge on any atom is 0.109 e. The fraction of sp³-hybridized carbons (Fsp3) is 0.333. The van der Waals surface area contributed by atoms with Gasteiger partial charge in [-0.25, -0.2) is 0 Å². The van der Waals surface area contributed by atoms with E-state index in [0.717, 1.165) is 11.1 Å². The highest BCUT2D eigenvalue weighted by atomic mass is 16.6. The second kappa shape index (κ2) is 9.33. The molecule has 0 aliphatic rings. The van der Waals surface area contributed by atoms with Crippen molar-refractivity contribution in [2.75, 3.05) is 13.2 Å². The summed E-state index contributed by atoms with van der Waals surface area (Å²) in [5.41, 5.74) is 2.03. The molecule has 0 radical (unpaired) electrons. The van der Waals surface area contributed by atoms with Crippen LogP contribution >= 0.6 is 0 Å². The minimum atomic E-state index is -0.561. The number of ether oxygens (including phenoxy) is 2. The third-order valence-electron chi connectivity index (χ3n) is 3.39. The first-order valence-electron chi connectivity index (χ1n) is 7.36. The highest BCUT2D eigenvalue weighted by Gasteiger charge is 2.22. The van der Waals surface area contributed by atoms with Gasteiger partial charge in [0.15, 0.2) is 0 Å². The molecule has 0 saturated carbocycles. The molecule has 0 amide bonds. The monoisotopic (exact) mass is 302 g/mol. The van der Waals surface area contributed by atoms with Crippen LogP contribution < -0.4 is 0 Å². The molecule has 0 bridgehead atoms. The molecule has 2 N–H and O–H groups in total. The van der Waals surface area contributed by atoms with Gasteiger partial charge in [-0.15, -0.1) is 0 Å². The Morgan fingerprint density at radius 3 is 1.32 bits per heavy atom. The molecule has 0 saturated heterocycles. The van der Waals surface area contributed by atoms with Gasteiger partial charge in [0.05, 0.1) is 26.4 Å². The van der Waals surface area contributed by atoms with Crippen molar-refractivity contribution in [2.45, 2.75) is 25.4 Å². The van der Waals surface area contributed by atoms with Crippen LogP contribution in [0.5, 0.6) is 0 Å². The maximum absolute atomic E-state index is 9.49. The lowest BCUT2D eigenvalue weighted by molar-refractivity contribution is -0.119. The van der Waals surface area contributed by atoms with E-state index in [0.29, 0.717) is 13.2 Å². The summed E-state index contributed by atoms with van der Waals surface area (Å²) in [6, 6.07) is 19.4. The second-order valence-electron chi connectivity index (χ2n) is 5.04. The number of hydrogen-bond donors (Lipinski definition) is 2. The molecule has 0 aliphatic heterocycles. The minimum absolute atomic E-state index is 0.202. The zero-order valence-corrected chi connectivity index (χ0v) is 12.5. The van der Waals surface area contributed by atoms with Crippen molar-refractivity contribution in [3.8, 4) is 0 Å². The van der Waals surface area contributed by atoms with Gasteiger partial charge in [0.2, 0.25) is 0 Å². The van der Waals surface area contributed by atoms with E-state index >= 15 is 0 Å². The van der Waals surface area contributed by atoms with E-state index in [1.165, 1.54) is 0 Å². The van der Waals surface area contributed by atoms with Crippen LogP contribution in [0.15, 0.2) is 60.7 Å². The van der Waals surface area contributed by atoms with Crippen LogP contribution in [-0.4, -0.2) is 35.6 Å². The zero-order valence-electron chi connectivity index (χ0n) is 12.5. The normalized spacial score (nSPS) is 13.7. The summed E-state index contributed by atoms with van der Waals surface area (Å²) < 4.78 is 11.4. The Balaban J connectivity index is 1.86.